The van der Waals surface area contributed by atoms with Crippen LogP contribution in [-0.4, -0.2) is 35.5 Å². The maximum Gasteiger partial charge on any atom is 0.240 e. The molecule has 1 unspecified atom stereocenters. The molecule has 2 aromatic heterocycles. The van der Waals surface area contributed by atoms with Crippen LogP contribution in [0.3, 0.4) is 0 Å². The Bertz CT molecular complexity index is 1040. The lowest BCUT2D eigenvalue weighted by Crippen LogP contribution is -2.48. The number of nitrogens with one attached hydrogen (secondary N) is 1. The zero-order valence-electron chi connectivity index (χ0n) is 15.2. The Labute approximate surface area is 163 Å². The molecule has 8 heteroatoms. The lowest BCUT2D eigenvalue weighted by atomic mass is 10.1. The Morgan fingerprint density at radius 3 is 2.71 bits per heavy atom. The number of sulfonamides is 1. The molecule has 28 heavy (non-hydrogen) atoms. The highest BCUT2D eigenvalue weighted by Crippen LogP contribution is 2.21. The molecule has 1 aromatic carbocycles. The van der Waals surface area contributed by atoms with Crippen LogP contribution in [0.2, 0.25) is 0 Å². The van der Waals surface area contributed by atoms with Crippen LogP contribution in [0.15, 0.2) is 72.0 Å². The van der Waals surface area contributed by atoms with Gasteiger partial charge in [0.1, 0.15) is 5.82 Å². The molecular weight excluding hydrogens is 379 g/mol. The van der Waals surface area contributed by atoms with Gasteiger partial charge in [0, 0.05) is 56.5 Å². The Balaban J connectivity index is 1.51. The third kappa shape index (κ3) is 4.14. The Kier molecular flexibility index (Phi) is 5.25. The van der Waals surface area contributed by atoms with Crippen molar-refractivity contribution >= 4 is 10.0 Å². The summed E-state index contributed by atoms with van der Waals surface area (Å²) in [7, 11) is -3.70. The van der Waals surface area contributed by atoms with Gasteiger partial charge in [-0.2, -0.15) is 0 Å². The van der Waals surface area contributed by atoms with Crippen LogP contribution in [-0.2, 0) is 29.7 Å². The number of halogens is 1. The largest absolute Gasteiger partial charge is 0.349 e. The first-order valence-electron chi connectivity index (χ1n) is 9.03. The van der Waals surface area contributed by atoms with E-state index in [0.29, 0.717) is 13.1 Å². The minimum absolute atomic E-state index is 0.0182. The highest BCUT2D eigenvalue weighted by molar-refractivity contribution is 7.89. The fourth-order valence-electron chi connectivity index (χ4n) is 3.46. The molecule has 3 aromatic rings. The molecule has 0 bridgehead atoms. The first kappa shape index (κ1) is 18.8. The molecule has 0 saturated carbocycles. The van der Waals surface area contributed by atoms with Crippen molar-refractivity contribution in [3.05, 3.63) is 84.2 Å². The van der Waals surface area contributed by atoms with Crippen molar-refractivity contribution < 1.29 is 12.8 Å². The number of benzene rings is 1. The van der Waals surface area contributed by atoms with Gasteiger partial charge in [-0.15, -0.1) is 0 Å². The quantitative estimate of drug-likeness (QED) is 0.690. The van der Waals surface area contributed by atoms with Gasteiger partial charge in [-0.25, -0.2) is 17.5 Å². The summed E-state index contributed by atoms with van der Waals surface area (Å²) < 4.78 is 43.1. The molecule has 146 valence electrons. The highest BCUT2D eigenvalue weighted by atomic mass is 32.2. The Morgan fingerprint density at radius 2 is 1.96 bits per heavy atom. The van der Waals surface area contributed by atoms with Crippen LogP contribution >= 0.6 is 0 Å². The average Bonchev–Trinajstić information content (AvgIpc) is 3.14. The number of fused-ring (bicyclic) bond motifs is 1. The van der Waals surface area contributed by atoms with Crippen molar-refractivity contribution in [3.8, 4) is 0 Å². The first-order chi connectivity index (χ1) is 13.5. The number of aromatic nitrogens is 2. The Morgan fingerprint density at radius 1 is 1.14 bits per heavy atom. The molecule has 4 rings (SSSR count). The van der Waals surface area contributed by atoms with E-state index in [2.05, 4.69) is 25.2 Å². The molecule has 0 saturated heterocycles. The fraction of sp³-hybridized carbons (Fsp3) is 0.250. The monoisotopic (exact) mass is 400 g/mol. The van der Waals surface area contributed by atoms with Crippen LogP contribution in [0.25, 0.3) is 0 Å². The summed E-state index contributed by atoms with van der Waals surface area (Å²) in [6.45, 7) is 2.36. The lowest BCUT2D eigenvalue weighted by molar-refractivity contribution is 0.133. The number of hydrogen-bond acceptors (Lipinski definition) is 4. The lowest BCUT2D eigenvalue weighted by Gasteiger charge is -2.37. The van der Waals surface area contributed by atoms with Crippen LogP contribution in [0.5, 0.6) is 0 Å². The van der Waals surface area contributed by atoms with Crippen molar-refractivity contribution in [2.75, 3.05) is 6.54 Å². The summed E-state index contributed by atoms with van der Waals surface area (Å²) in [5.41, 5.74) is 2.27. The van der Waals surface area contributed by atoms with Gasteiger partial charge >= 0.3 is 0 Å². The second kappa shape index (κ2) is 7.83. The number of pyridine rings is 1. The topological polar surface area (TPSA) is 67.2 Å². The van der Waals surface area contributed by atoms with Crippen molar-refractivity contribution in [2.45, 2.75) is 30.6 Å². The van der Waals surface area contributed by atoms with E-state index in [4.69, 9.17) is 0 Å². The van der Waals surface area contributed by atoms with Crippen LogP contribution in [0.1, 0.15) is 11.3 Å². The minimum Gasteiger partial charge on any atom is -0.349 e. The van der Waals surface area contributed by atoms with Crippen LogP contribution < -0.4 is 4.72 Å². The van der Waals surface area contributed by atoms with Gasteiger partial charge in [-0.3, -0.25) is 9.88 Å². The molecule has 6 nitrogen and oxygen atoms in total. The highest BCUT2D eigenvalue weighted by Gasteiger charge is 2.27. The van der Waals surface area contributed by atoms with Crippen LogP contribution in [0, 0.1) is 5.82 Å². The zero-order valence-corrected chi connectivity index (χ0v) is 16.0. The standard InChI is InChI=1S/C20H21FN4O2S/c21-17-5-7-20(8-6-17)28(26,27)23-12-19-15-24-10-2-4-18(24)14-25(19)13-16-3-1-9-22-11-16/h1-11,19,23H,12-15H2. The fourth-order valence-corrected chi connectivity index (χ4v) is 4.53. The summed E-state index contributed by atoms with van der Waals surface area (Å²) >= 11 is 0. The third-order valence-corrected chi connectivity index (χ3v) is 6.39. The van der Waals surface area contributed by atoms with Gasteiger partial charge in [0.15, 0.2) is 0 Å². The van der Waals surface area contributed by atoms with E-state index in [1.807, 2.05) is 30.6 Å². The van der Waals surface area contributed by atoms with Gasteiger partial charge in [-0.05, 0) is 48.0 Å². The summed E-state index contributed by atoms with van der Waals surface area (Å²) in [5.74, 6) is -0.464. The average molecular weight is 400 g/mol. The van der Waals surface area contributed by atoms with Crippen molar-refractivity contribution in [3.63, 3.8) is 0 Å². The molecule has 1 N–H and O–H groups in total. The molecule has 1 aliphatic rings. The van der Waals surface area contributed by atoms with Gasteiger partial charge in [-0.1, -0.05) is 6.07 Å². The molecule has 1 aliphatic heterocycles. The van der Waals surface area contributed by atoms with E-state index in [0.717, 1.165) is 24.2 Å². The molecule has 0 radical (unpaired) electrons. The second-order valence-corrected chi connectivity index (χ2v) is 8.64. The predicted octanol–water partition coefficient (Wildman–Crippen LogP) is 2.39. The van der Waals surface area contributed by atoms with Crippen molar-refractivity contribution in [2.24, 2.45) is 0 Å². The van der Waals surface area contributed by atoms with Crippen molar-refractivity contribution in [1.29, 1.82) is 0 Å². The molecule has 0 aliphatic carbocycles. The van der Waals surface area contributed by atoms with E-state index in [-0.39, 0.29) is 17.5 Å². The number of hydrogen-bond donors (Lipinski definition) is 1. The molecular formula is C20H21FN4O2S. The van der Waals surface area contributed by atoms with E-state index >= 15 is 0 Å². The van der Waals surface area contributed by atoms with Gasteiger partial charge < -0.3 is 4.57 Å². The van der Waals surface area contributed by atoms with Gasteiger partial charge in [0.05, 0.1) is 4.90 Å². The molecule has 0 spiro atoms. The Hall–Kier alpha value is -2.55. The van der Waals surface area contributed by atoms with E-state index < -0.39 is 15.8 Å². The number of rotatable bonds is 6. The summed E-state index contributed by atoms with van der Waals surface area (Å²) in [6.07, 6.45) is 5.57. The predicted molar refractivity (Wildman–Crippen MR) is 103 cm³/mol. The minimum atomic E-state index is -3.70. The summed E-state index contributed by atoms with van der Waals surface area (Å²) in [5, 5.41) is 0. The maximum absolute atomic E-state index is 13.1. The van der Waals surface area contributed by atoms with Crippen LogP contribution in [0.4, 0.5) is 4.39 Å². The summed E-state index contributed by atoms with van der Waals surface area (Å²) in [4.78, 5) is 6.48. The summed E-state index contributed by atoms with van der Waals surface area (Å²) in [6, 6.07) is 12.8. The van der Waals surface area contributed by atoms with E-state index in [1.165, 1.54) is 17.8 Å². The van der Waals surface area contributed by atoms with Gasteiger partial charge in [0.25, 0.3) is 0 Å². The maximum atomic E-state index is 13.1. The van der Waals surface area contributed by atoms with E-state index in [1.54, 1.807) is 6.20 Å². The second-order valence-electron chi connectivity index (χ2n) is 6.88. The molecule has 0 amide bonds. The third-order valence-electron chi connectivity index (χ3n) is 4.95. The first-order valence-corrected chi connectivity index (χ1v) is 10.5. The molecule has 0 fully saturated rings. The molecule has 3 heterocycles. The van der Waals surface area contributed by atoms with E-state index in [9.17, 15) is 12.8 Å². The normalized spacial score (nSPS) is 17.4. The smallest absolute Gasteiger partial charge is 0.240 e. The van der Waals surface area contributed by atoms with Crippen molar-refractivity contribution in [1.82, 2.24) is 19.2 Å². The SMILES string of the molecule is O=S(=O)(NCC1Cn2cccc2CN1Cc1cccnc1)c1ccc(F)cc1. The zero-order chi connectivity index (χ0) is 19.6. The molecule has 1 atom stereocenters. The van der Waals surface area contributed by atoms with Gasteiger partial charge in [0.2, 0.25) is 10.0 Å². The number of nitrogens with zero attached hydrogens (tertiary/aromatic N) is 3.